The number of benzene rings is 2. The van der Waals surface area contributed by atoms with Gasteiger partial charge in [0.1, 0.15) is 11.4 Å². The summed E-state index contributed by atoms with van der Waals surface area (Å²) in [4.78, 5) is 12.9. The van der Waals surface area contributed by atoms with E-state index in [1.165, 1.54) is 12.8 Å². The van der Waals surface area contributed by atoms with Gasteiger partial charge in [0.15, 0.2) is 0 Å². The molecule has 4 heteroatoms. The number of methoxy groups -OCH3 is 1. The maximum Gasteiger partial charge on any atom is 0.355 e. The molecule has 4 nitrogen and oxygen atoms in total. The first-order valence-corrected chi connectivity index (χ1v) is 9.61. The molecule has 4 rings (SSSR count). The van der Waals surface area contributed by atoms with Crippen LogP contribution in [-0.2, 0) is 17.7 Å². The summed E-state index contributed by atoms with van der Waals surface area (Å²) in [6, 6.07) is 16.3. The van der Waals surface area contributed by atoms with Gasteiger partial charge < -0.3 is 14.0 Å². The fourth-order valence-electron chi connectivity index (χ4n) is 3.74. The molecule has 1 aliphatic rings. The van der Waals surface area contributed by atoms with Gasteiger partial charge >= 0.3 is 5.97 Å². The first kappa shape index (κ1) is 17.7. The molecule has 0 amide bonds. The van der Waals surface area contributed by atoms with Crippen LogP contribution in [0, 0.1) is 5.92 Å². The van der Waals surface area contributed by atoms with Gasteiger partial charge in [-0.25, -0.2) is 4.79 Å². The summed E-state index contributed by atoms with van der Waals surface area (Å²) in [7, 11) is 1.67. The van der Waals surface area contributed by atoms with Crippen LogP contribution in [0.2, 0.25) is 0 Å². The molecule has 3 aromatic rings. The smallest absolute Gasteiger partial charge is 0.355 e. The normalized spacial score (nSPS) is 13.7. The van der Waals surface area contributed by atoms with E-state index in [-0.39, 0.29) is 5.97 Å². The number of para-hydroxylation sites is 1. The second kappa shape index (κ2) is 7.47. The second-order valence-electron chi connectivity index (χ2n) is 7.15. The fourth-order valence-corrected chi connectivity index (χ4v) is 3.74. The topological polar surface area (TPSA) is 40.5 Å². The van der Waals surface area contributed by atoms with Gasteiger partial charge in [0, 0.05) is 17.4 Å². The van der Waals surface area contributed by atoms with E-state index in [1.54, 1.807) is 7.11 Å². The van der Waals surface area contributed by atoms with Crippen LogP contribution >= 0.6 is 0 Å². The Bertz CT molecular complexity index is 969. The molecule has 0 bridgehead atoms. The lowest BCUT2D eigenvalue weighted by Gasteiger charge is -2.12. The Morgan fingerprint density at radius 2 is 1.96 bits per heavy atom. The van der Waals surface area contributed by atoms with Crippen LogP contribution in [-0.4, -0.2) is 24.3 Å². The summed E-state index contributed by atoms with van der Waals surface area (Å²) in [6.07, 6.45) is 3.44. The molecule has 1 fully saturated rings. The van der Waals surface area contributed by atoms with Crippen molar-refractivity contribution in [1.29, 1.82) is 0 Å². The standard InChI is InChI=1S/C23H25NO3/c1-3-27-23(25)22-20(14-16-11-12-16)19-9-4-5-10-21(19)24(22)15-17-7-6-8-18(13-17)26-2/h4-10,13,16H,3,11-12,14-15H2,1-2H3. The molecule has 0 spiro atoms. The Labute approximate surface area is 159 Å². The number of carbonyl (C=O) groups excluding carboxylic acids is 1. The van der Waals surface area contributed by atoms with Crippen molar-refractivity contribution in [2.45, 2.75) is 32.7 Å². The van der Waals surface area contributed by atoms with E-state index < -0.39 is 0 Å². The number of esters is 1. The van der Waals surface area contributed by atoms with Crippen molar-refractivity contribution in [3.05, 3.63) is 65.4 Å². The number of nitrogens with zero attached hydrogens (tertiary/aromatic N) is 1. The van der Waals surface area contributed by atoms with Gasteiger partial charge in [-0.3, -0.25) is 0 Å². The summed E-state index contributed by atoms with van der Waals surface area (Å²) in [5.41, 5.74) is 4.01. The average Bonchev–Trinajstić information content (AvgIpc) is 3.46. The number of carbonyl (C=O) groups is 1. The van der Waals surface area contributed by atoms with Gasteiger partial charge in [-0.2, -0.15) is 0 Å². The zero-order chi connectivity index (χ0) is 18.8. The van der Waals surface area contributed by atoms with E-state index in [9.17, 15) is 4.79 Å². The predicted octanol–water partition coefficient (Wildman–Crippen LogP) is 4.83. The first-order valence-electron chi connectivity index (χ1n) is 9.61. The number of fused-ring (bicyclic) bond motifs is 1. The monoisotopic (exact) mass is 363 g/mol. The minimum Gasteiger partial charge on any atom is -0.497 e. The van der Waals surface area contributed by atoms with E-state index in [0.29, 0.717) is 24.8 Å². The molecule has 0 saturated heterocycles. The predicted molar refractivity (Wildman–Crippen MR) is 106 cm³/mol. The fraction of sp³-hybridized carbons (Fsp3) is 0.348. The van der Waals surface area contributed by atoms with Crippen molar-refractivity contribution in [3.8, 4) is 5.75 Å². The first-order chi connectivity index (χ1) is 13.2. The van der Waals surface area contributed by atoms with E-state index in [4.69, 9.17) is 9.47 Å². The Morgan fingerprint density at radius 3 is 2.70 bits per heavy atom. The SMILES string of the molecule is CCOC(=O)c1c(CC2CC2)c2ccccc2n1Cc1cccc(OC)c1. The molecule has 1 saturated carbocycles. The van der Waals surface area contributed by atoms with Crippen molar-refractivity contribution in [2.24, 2.45) is 5.92 Å². The molecule has 1 heterocycles. The van der Waals surface area contributed by atoms with Gasteiger partial charge in [0.2, 0.25) is 0 Å². The van der Waals surface area contributed by atoms with Crippen molar-refractivity contribution >= 4 is 16.9 Å². The molecule has 0 unspecified atom stereocenters. The third-order valence-corrected chi connectivity index (χ3v) is 5.21. The van der Waals surface area contributed by atoms with Gasteiger partial charge in [-0.1, -0.05) is 30.3 Å². The molecule has 27 heavy (non-hydrogen) atoms. The minimum absolute atomic E-state index is 0.229. The van der Waals surface area contributed by atoms with Gasteiger partial charge in [0.25, 0.3) is 0 Å². The Morgan fingerprint density at radius 1 is 1.15 bits per heavy atom. The summed E-state index contributed by atoms with van der Waals surface area (Å²) < 4.78 is 12.9. The Hall–Kier alpha value is -2.75. The quantitative estimate of drug-likeness (QED) is 0.565. The number of hydrogen-bond donors (Lipinski definition) is 0. The maximum atomic E-state index is 12.9. The third-order valence-electron chi connectivity index (χ3n) is 5.21. The highest BCUT2D eigenvalue weighted by atomic mass is 16.5. The second-order valence-corrected chi connectivity index (χ2v) is 7.15. The van der Waals surface area contributed by atoms with Crippen molar-refractivity contribution in [1.82, 2.24) is 4.57 Å². The Kier molecular flexibility index (Phi) is 4.88. The number of rotatable bonds is 7. The summed E-state index contributed by atoms with van der Waals surface area (Å²) in [5, 5.41) is 1.16. The zero-order valence-corrected chi connectivity index (χ0v) is 15.9. The van der Waals surface area contributed by atoms with Crippen LogP contribution in [0.15, 0.2) is 48.5 Å². The van der Waals surface area contributed by atoms with Crippen LogP contribution in [0.3, 0.4) is 0 Å². The molecule has 0 atom stereocenters. The highest BCUT2D eigenvalue weighted by Gasteiger charge is 2.29. The summed E-state index contributed by atoms with van der Waals surface area (Å²) >= 11 is 0. The van der Waals surface area contributed by atoms with Crippen molar-refractivity contribution in [3.63, 3.8) is 0 Å². The van der Waals surface area contributed by atoms with Crippen LogP contribution in [0.4, 0.5) is 0 Å². The number of ether oxygens (including phenoxy) is 2. The van der Waals surface area contributed by atoms with Crippen LogP contribution in [0.1, 0.15) is 41.4 Å². The molecular formula is C23H25NO3. The molecule has 0 N–H and O–H groups in total. The molecule has 2 aromatic carbocycles. The summed E-state index contributed by atoms with van der Waals surface area (Å²) in [6.45, 7) is 2.84. The van der Waals surface area contributed by atoms with Crippen LogP contribution in [0.25, 0.3) is 10.9 Å². The maximum absolute atomic E-state index is 12.9. The van der Waals surface area contributed by atoms with E-state index in [1.807, 2.05) is 37.3 Å². The molecule has 140 valence electrons. The molecule has 0 aliphatic heterocycles. The molecule has 0 radical (unpaired) electrons. The van der Waals surface area contributed by atoms with E-state index in [2.05, 4.69) is 22.8 Å². The lowest BCUT2D eigenvalue weighted by Crippen LogP contribution is -2.15. The van der Waals surface area contributed by atoms with Crippen LogP contribution in [0.5, 0.6) is 5.75 Å². The summed E-state index contributed by atoms with van der Waals surface area (Å²) in [5.74, 6) is 1.28. The van der Waals surface area contributed by atoms with Crippen molar-refractivity contribution < 1.29 is 14.3 Å². The lowest BCUT2D eigenvalue weighted by molar-refractivity contribution is 0.0513. The molecule has 1 aliphatic carbocycles. The third kappa shape index (κ3) is 3.57. The van der Waals surface area contributed by atoms with Gasteiger partial charge in [-0.15, -0.1) is 0 Å². The van der Waals surface area contributed by atoms with E-state index in [0.717, 1.165) is 34.2 Å². The van der Waals surface area contributed by atoms with E-state index >= 15 is 0 Å². The lowest BCUT2D eigenvalue weighted by atomic mass is 10.0. The van der Waals surface area contributed by atoms with Crippen molar-refractivity contribution in [2.75, 3.05) is 13.7 Å². The Balaban J connectivity index is 1.85. The molecular weight excluding hydrogens is 338 g/mol. The van der Waals surface area contributed by atoms with Crippen LogP contribution < -0.4 is 4.74 Å². The minimum atomic E-state index is -0.229. The zero-order valence-electron chi connectivity index (χ0n) is 15.9. The number of aromatic nitrogens is 1. The number of hydrogen-bond acceptors (Lipinski definition) is 3. The van der Waals surface area contributed by atoms with Gasteiger partial charge in [-0.05, 0) is 61.4 Å². The van der Waals surface area contributed by atoms with Gasteiger partial charge in [0.05, 0.1) is 13.7 Å². The molecule has 1 aromatic heterocycles. The highest BCUT2D eigenvalue weighted by molar-refractivity contribution is 5.99. The largest absolute Gasteiger partial charge is 0.497 e. The highest BCUT2D eigenvalue weighted by Crippen LogP contribution is 2.37. The average molecular weight is 363 g/mol.